The molecule has 0 spiro atoms. The van der Waals surface area contributed by atoms with Crippen LogP contribution in [-0.2, 0) is 9.53 Å². The summed E-state index contributed by atoms with van der Waals surface area (Å²) in [4.78, 5) is 13.3. The summed E-state index contributed by atoms with van der Waals surface area (Å²) in [6.07, 6.45) is 2.08. The lowest BCUT2D eigenvalue weighted by Crippen LogP contribution is -2.36. The molecular weight excluding hydrogens is 142 g/mol. The highest BCUT2D eigenvalue weighted by Gasteiger charge is 2.29. The smallest absolute Gasteiger partial charge is 0.323 e. The highest BCUT2D eigenvalue weighted by Crippen LogP contribution is 2.17. The minimum absolute atomic E-state index is 0.0324. The maximum absolute atomic E-state index is 11.1. The third-order valence-electron chi connectivity index (χ3n) is 2.24. The molecule has 0 aromatic rings. The van der Waals surface area contributed by atoms with Gasteiger partial charge in [-0.2, -0.15) is 0 Å². The third kappa shape index (κ3) is 1.71. The van der Waals surface area contributed by atoms with Crippen molar-refractivity contribution in [2.24, 2.45) is 0 Å². The average molecular weight is 157 g/mol. The summed E-state index contributed by atoms with van der Waals surface area (Å²) in [6, 6.07) is 0.0324. The number of methoxy groups -OCH3 is 1. The van der Waals surface area contributed by atoms with Gasteiger partial charge in [-0.05, 0) is 25.9 Å². The number of esters is 1. The van der Waals surface area contributed by atoms with E-state index in [0.717, 1.165) is 25.9 Å². The SMILES string of the molecule is CCN1CCC[C@@H]1C(=O)OC. The zero-order chi connectivity index (χ0) is 8.27. The van der Waals surface area contributed by atoms with Gasteiger partial charge in [-0.25, -0.2) is 0 Å². The second-order valence-electron chi connectivity index (χ2n) is 2.81. The molecule has 1 aliphatic rings. The lowest BCUT2D eigenvalue weighted by Gasteiger charge is -2.19. The van der Waals surface area contributed by atoms with E-state index in [4.69, 9.17) is 0 Å². The molecule has 0 aliphatic carbocycles. The Labute approximate surface area is 67.3 Å². The van der Waals surface area contributed by atoms with Crippen molar-refractivity contribution in [3.8, 4) is 0 Å². The van der Waals surface area contributed by atoms with Crippen molar-refractivity contribution in [1.29, 1.82) is 0 Å². The van der Waals surface area contributed by atoms with Crippen LogP contribution in [0, 0.1) is 0 Å². The van der Waals surface area contributed by atoms with E-state index < -0.39 is 0 Å². The zero-order valence-electron chi connectivity index (χ0n) is 7.17. The molecule has 1 fully saturated rings. The van der Waals surface area contributed by atoms with Crippen molar-refractivity contribution < 1.29 is 9.53 Å². The quantitative estimate of drug-likeness (QED) is 0.551. The molecule has 3 heteroatoms. The predicted molar refractivity (Wildman–Crippen MR) is 42.3 cm³/mol. The Balaban J connectivity index is 2.49. The van der Waals surface area contributed by atoms with Crippen molar-refractivity contribution in [2.75, 3.05) is 20.2 Å². The number of ether oxygens (including phenoxy) is 1. The normalized spacial score (nSPS) is 25.5. The van der Waals surface area contributed by atoms with Crippen LogP contribution in [0.25, 0.3) is 0 Å². The highest BCUT2D eigenvalue weighted by atomic mass is 16.5. The maximum atomic E-state index is 11.1. The van der Waals surface area contributed by atoms with Crippen LogP contribution in [0.15, 0.2) is 0 Å². The predicted octanol–water partition coefficient (Wildman–Crippen LogP) is 0.644. The van der Waals surface area contributed by atoms with E-state index >= 15 is 0 Å². The summed E-state index contributed by atoms with van der Waals surface area (Å²) >= 11 is 0. The van der Waals surface area contributed by atoms with Gasteiger partial charge in [0.15, 0.2) is 0 Å². The summed E-state index contributed by atoms with van der Waals surface area (Å²) in [7, 11) is 1.45. The van der Waals surface area contributed by atoms with Crippen molar-refractivity contribution in [1.82, 2.24) is 4.90 Å². The first kappa shape index (κ1) is 8.53. The van der Waals surface area contributed by atoms with Crippen LogP contribution in [0.3, 0.4) is 0 Å². The number of likely N-dealkylation sites (N-methyl/N-ethyl adjacent to an activating group) is 1. The molecule has 0 aromatic heterocycles. The zero-order valence-corrected chi connectivity index (χ0v) is 7.17. The third-order valence-corrected chi connectivity index (χ3v) is 2.24. The van der Waals surface area contributed by atoms with Gasteiger partial charge in [0, 0.05) is 0 Å². The first-order chi connectivity index (χ1) is 5.29. The van der Waals surface area contributed by atoms with Gasteiger partial charge in [0.1, 0.15) is 6.04 Å². The standard InChI is InChI=1S/C8H15NO2/c1-3-9-6-4-5-7(9)8(10)11-2/h7H,3-6H2,1-2H3/t7-/m1/s1. The molecule has 1 heterocycles. The Hall–Kier alpha value is -0.570. The average Bonchev–Trinajstić information content (AvgIpc) is 2.50. The van der Waals surface area contributed by atoms with Crippen LogP contribution < -0.4 is 0 Å². The van der Waals surface area contributed by atoms with E-state index in [0.29, 0.717) is 0 Å². The van der Waals surface area contributed by atoms with Gasteiger partial charge in [0.05, 0.1) is 7.11 Å². The summed E-state index contributed by atoms with van der Waals surface area (Å²) in [6.45, 7) is 4.05. The number of nitrogens with zero attached hydrogens (tertiary/aromatic N) is 1. The molecule has 3 nitrogen and oxygen atoms in total. The summed E-state index contributed by atoms with van der Waals surface area (Å²) < 4.78 is 4.69. The molecule has 0 amide bonds. The van der Waals surface area contributed by atoms with E-state index in [1.165, 1.54) is 7.11 Å². The lowest BCUT2D eigenvalue weighted by molar-refractivity contribution is -0.145. The summed E-state index contributed by atoms with van der Waals surface area (Å²) in [5.41, 5.74) is 0. The molecule has 0 N–H and O–H groups in total. The molecule has 1 atom stereocenters. The van der Waals surface area contributed by atoms with Crippen LogP contribution in [0.4, 0.5) is 0 Å². The Morgan fingerprint density at radius 3 is 3.00 bits per heavy atom. The maximum Gasteiger partial charge on any atom is 0.323 e. The molecule has 1 rings (SSSR count). The topological polar surface area (TPSA) is 29.5 Å². The lowest BCUT2D eigenvalue weighted by atomic mass is 10.2. The molecule has 0 aromatic carbocycles. The Bertz CT molecular complexity index is 147. The minimum Gasteiger partial charge on any atom is -0.468 e. The molecule has 0 saturated carbocycles. The molecule has 1 aliphatic heterocycles. The fourth-order valence-electron chi connectivity index (χ4n) is 1.61. The number of carbonyl (C=O) groups excluding carboxylic acids is 1. The van der Waals surface area contributed by atoms with E-state index in [9.17, 15) is 4.79 Å². The van der Waals surface area contributed by atoms with Gasteiger partial charge in [-0.15, -0.1) is 0 Å². The highest BCUT2D eigenvalue weighted by molar-refractivity contribution is 5.75. The molecule has 64 valence electrons. The fraction of sp³-hybridized carbons (Fsp3) is 0.875. The van der Waals surface area contributed by atoms with Crippen LogP contribution >= 0.6 is 0 Å². The van der Waals surface area contributed by atoms with Gasteiger partial charge >= 0.3 is 5.97 Å². The second kappa shape index (κ2) is 3.72. The molecular formula is C8H15NO2. The van der Waals surface area contributed by atoms with E-state index in [2.05, 4.69) is 16.6 Å². The minimum atomic E-state index is -0.0793. The summed E-state index contributed by atoms with van der Waals surface area (Å²) in [5, 5.41) is 0. The molecule has 0 radical (unpaired) electrons. The molecule has 11 heavy (non-hydrogen) atoms. The molecule has 0 bridgehead atoms. The van der Waals surface area contributed by atoms with Crippen LogP contribution in [0.1, 0.15) is 19.8 Å². The van der Waals surface area contributed by atoms with Gasteiger partial charge in [-0.1, -0.05) is 6.92 Å². The van der Waals surface area contributed by atoms with Gasteiger partial charge < -0.3 is 4.74 Å². The second-order valence-corrected chi connectivity index (χ2v) is 2.81. The van der Waals surface area contributed by atoms with Crippen molar-refractivity contribution in [2.45, 2.75) is 25.8 Å². The number of hydrogen-bond acceptors (Lipinski definition) is 3. The fourth-order valence-corrected chi connectivity index (χ4v) is 1.61. The van der Waals surface area contributed by atoms with E-state index in [1.54, 1.807) is 0 Å². The Kier molecular flexibility index (Phi) is 2.88. The summed E-state index contributed by atoms with van der Waals surface area (Å²) in [5.74, 6) is -0.0793. The van der Waals surface area contributed by atoms with Crippen molar-refractivity contribution in [3.05, 3.63) is 0 Å². The van der Waals surface area contributed by atoms with Crippen LogP contribution in [0.2, 0.25) is 0 Å². The van der Waals surface area contributed by atoms with Gasteiger partial charge in [-0.3, -0.25) is 9.69 Å². The van der Waals surface area contributed by atoms with Crippen molar-refractivity contribution in [3.63, 3.8) is 0 Å². The molecule has 0 unspecified atom stereocenters. The number of carbonyl (C=O) groups is 1. The van der Waals surface area contributed by atoms with Crippen LogP contribution in [-0.4, -0.2) is 37.1 Å². The first-order valence-electron chi connectivity index (χ1n) is 4.11. The van der Waals surface area contributed by atoms with Crippen molar-refractivity contribution >= 4 is 5.97 Å². The van der Waals surface area contributed by atoms with E-state index in [-0.39, 0.29) is 12.0 Å². The number of rotatable bonds is 2. The van der Waals surface area contributed by atoms with Gasteiger partial charge in [0.2, 0.25) is 0 Å². The van der Waals surface area contributed by atoms with E-state index in [1.807, 2.05) is 0 Å². The Morgan fingerprint density at radius 2 is 2.45 bits per heavy atom. The van der Waals surface area contributed by atoms with Gasteiger partial charge in [0.25, 0.3) is 0 Å². The first-order valence-corrected chi connectivity index (χ1v) is 4.11. The largest absolute Gasteiger partial charge is 0.468 e. The number of likely N-dealkylation sites (tertiary alicyclic amines) is 1. The van der Waals surface area contributed by atoms with Crippen LogP contribution in [0.5, 0.6) is 0 Å². The number of hydrogen-bond donors (Lipinski definition) is 0. The molecule has 1 saturated heterocycles. The monoisotopic (exact) mass is 157 g/mol. The Morgan fingerprint density at radius 1 is 1.73 bits per heavy atom.